The van der Waals surface area contributed by atoms with Gasteiger partial charge in [0.25, 0.3) is 0 Å². The molecule has 1 heterocycles. The zero-order valence-electron chi connectivity index (χ0n) is 18.6. The highest BCUT2D eigenvalue weighted by Gasteiger charge is 2.12. The molecule has 0 fully saturated rings. The monoisotopic (exact) mass is 417 g/mol. The van der Waals surface area contributed by atoms with E-state index in [-0.39, 0.29) is 5.78 Å². The van der Waals surface area contributed by atoms with Crippen LogP contribution in [0.3, 0.4) is 0 Å². The lowest BCUT2D eigenvalue weighted by molar-refractivity contribution is 0.101. The molecule has 1 aliphatic rings. The van der Waals surface area contributed by atoms with Crippen LogP contribution in [0.4, 0.5) is 0 Å². The fourth-order valence-corrected chi connectivity index (χ4v) is 4.49. The molecule has 0 aromatic heterocycles. The van der Waals surface area contributed by atoms with E-state index in [0.29, 0.717) is 0 Å². The highest BCUT2D eigenvalue weighted by molar-refractivity contribution is 6.05. The molecule has 1 aliphatic heterocycles. The maximum atomic E-state index is 12.3. The van der Waals surface area contributed by atoms with E-state index in [0.717, 1.165) is 47.2 Å². The van der Waals surface area contributed by atoms with Crippen molar-refractivity contribution in [3.8, 4) is 22.3 Å². The molecular weight excluding hydrogens is 390 g/mol. The van der Waals surface area contributed by atoms with Crippen molar-refractivity contribution < 1.29 is 4.79 Å². The van der Waals surface area contributed by atoms with Crippen molar-refractivity contribution in [1.82, 2.24) is 5.32 Å². The van der Waals surface area contributed by atoms with Gasteiger partial charge in [-0.2, -0.15) is 0 Å². The maximum absolute atomic E-state index is 12.3. The van der Waals surface area contributed by atoms with Crippen molar-refractivity contribution in [2.24, 2.45) is 0 Å². The molecule has 4 aromatic carbocycles. The Morgan fingerprint density at radius 3 is 2.16 bits per heavy atom. The Labute approximate surface area is 189 Å². The smallest absolute Gasteiger partial charge is 0.159 e. The summed E-state index contributed by atoms with van der Waals surface area (Å²) >= 11 is 0. The molecule has 2 nitrogen and oxygen atoms in total. The summed E-state index contributed by atoms with van der Waals surface area (Å²) in [4.78, 5) is 12.3. The summed E-state index contributed by atoms with van der Waals surface area (Å²) in [5.74, 6) is 0.0883. The van der Waals surface area contributed by atoms with E-state index in [1.807, 2.05) is 12.1 Å². The second kappa shape index (κ2) is 8.57. The Kier molecular flexibility index (Phi) is 5.46. The van der Waals surface area contributed by atoms with Crippen molar-refractivity contribution in [3.63, 3.8) is 0 Å². The maximum Gasteiger partial charge on any atom is 0.159 e. The Morgan fingerprint density at radius 1 is 0.781 bits per heavy atom. The van der Waals surface area contributed by atoms with Crippen molar-refractivity contribution in [1.29, 1.82) is 0 Å². The molecule has 0 amide bonds. The molecule has 0 atom stereocenters. The molecule has 0 bridgehead atoms. The van der Waals surface area contributed by atoms with Gasteiger partial charge >= 0.3 is 0 Å². The van der Waals surface area contributed by atoms with Gasteiger partial charge < -0.3 is 5.32 Å². The zero-order valence-corrected chi connectivity index (χ0v) is 18.6. The molecule has 0 unspecified atom stereocenters. The summed E-state index contributed by atoms with van der Waals surface area (Å²) in [6, 6.07) is 28.0. The molecule has 5 rings (SSSR count). The van der Waals surface area contributed by atoms with Crippen LogP contribution in [-0.2, 0) is 0 Å². The first-order chi connectivity index (χ1) is 15.6. The number of hydrogen-bond acceptors (Lipinski definition) is 2. The Bertz CT molecular complexity index is 1330. The third-order valence-corrected chi connectivity index (χ3v) is 6.37. The minimum absolute atomic E-state index is 0.0883. The number of rotatable bonds is 4. The Hall–Kier alpha value is -3.49. The van der Waals surface area contributed by atoms with Crippen LogP contribution < -0.4 is 5.32 Å². The first kappa shape index (κ1) is 20.4. The summed E-state index contributed by atoms with van der Waals surface area (Å²) in [5.41, 5.74) is 9.28. The SMILES string of the molecule is CC(=O)c1cc(-c2ccc(C3=CCNCC3)cc2)c2ccc(-c3ccc(C)cc3)cc2c1. The molecule has 158 valence electrons. The van der Waals surface area contributed by atoms with Crippen molar-refractivity contribution in [2.45, 2.75) is 20.3 Å². The molecule has 0 aliphatic carbocycles. The Morgan fingerprint density at radius 2 is 1.47 bits per heavy atom. The van der Waals surface area contributed by atoms with Crippen LogP contribution in [0.5, 0.6) is 0 Å². The van der Waals surface area contributed by atoms with Crippen LogP contribution in [-0.4, -0.2) is 18.9 Å². The number of fused-ring (bicyclic) bond motifs is 1. The third-order valence-electron chi connectivity index (χ3n) is 6.37. The number of hydrogen-bond donors (Lipinski definition) is 1. The van der Waals surface area contributed by atoms with E-state index in [4.69, 9.17) is 0 Å². The van der Waals surface area contributed by atoms with Crippen LogP contribution in [0, 0.1) is 6.92 Å². The minimum atomic E-state index is 0.0883. The topological polar surface area (TPSA) is 29.1 Å². The summed E-state index contributed by atoms with van der Waals surface area (Å²) in [5, 5.41) is 5.63. The number of benzene rings is 4. The van der Waals surface area contributed by atoms with Crippen molar-refractivity contribution in [2.75, 3.05) is 13.1 Å². The second-order valence-electron chi connectivity index (χ2n) is 8.64. The van der Waals surface area contributed by atoms with Gasteiger partial charge in [-0.25, -0.2) is 0 Å². The van der Waals surface area contributed by atoms with Gasteiger partial charge in [-0.1, -0.05) is 72.3 Å². The summed E-state index contributed by atoms with van der Waals surface area (Å²) < 4.78 is 0. The molecule has 2 heteroatoms. The number of carbonyl (C=O) groups is 1. The van der Waals surface area contributed by atoms with E-state index in [9.17, 15) is 4.79 Å². The third kappa shape index (κ3) is 4.02. The number of ketones is 1. The molecule has 32 heavy (non-hydrogen) atoms. The average Bonchev–Trinajstić information content (AvgIpc) is 2.84. The largest absolute Gasteiger partial charge is 0.313 e. The lowest BCUT2D eigenvalue weighted by atomic mass is 9.91. The van der Waals surface area contributed by atoms with Crippen LogP contribution in [0.15, 0.2) is 84.9 Å². The van der Waals surface area contributed by atoms with Crippen molar-refractivity contribution >= 4 is 22.1 Å². The lowest BCUT2D eigenvalue weighted by Gasteiger charge is -2.15. The van der Waals surface area contributed by atoms with Gasteiger partial charge in [0.1, 0.15) is 0 Å². The predicted molar refractivity (Wildman–Crippen MR) is 135 cm³/mol. The first-order valence-electron chi connectivity index (χ1n) is 11.2. The van der Waals surface area contributed by atoms with E-state index >= 15 is 0 Å². The van der Waals surface area contributed by atoms with Gasteiger partial charge in [-0.3, -0.25) is 4.79 Å². The van der Waals surface area contributed by atoms with E-state index in [1.54, 1.807) is 6.92 Å². The van der Waals surface area contributed by atoms with Gasteiger partial charge in [0.05, 0.1) is 0 Å². The first-order valence-corrected chi connectivity index (χ1v) is 11.2. The summed E-state index contributed by atoms with van der Waals surface area (Å²) in [6.07, 6.45) is 3.33. The predicted octanol–water partition coefficient (Wildman–Crippen LogP) is 7.06. The zero-order chi connectivity index (χ0) is 22.1. The van der Waals surface area contributed by atoms with E-state index in [1.165, 1.54) is 27.6 Å². The molecule has 0 saturated heterocycles. The van der Waals surface area contributed by atoms with Gasteiger partial charge in [0.15, 0.2) is 5.78 Å². The highest BCUT2D eigenvalue weighted by Crippen LogP contribution is 2.34. The molecule has 1 N–H and O–H groups in total. The Balaban J connectivity index is 1.61. The standard InChI is InChI=1S/C30H27NO/c1-20-3-5-23(6-4-20)26-11-12-29-28(17-26)18-27(21(2)32)19-30(29)25-9-7-22(8-10-25)24-13-15-31-16-14-24/h3-13,17-19,31H,14-16H2,1-2H3. The van der Waals surface area contributed by atoms with Gasteiger partial charge in [-0.05, 0) is 89.2 Å². The lowest BCUT2D eigenvalue weighted by Crippen LogP contribution is -2.19. The quantitative estimate of drug-likeness (QED) is 0.360. The van der Waals surface area contributed by atoms with Crippen molar-refractivity contribution in [3.05, 3.63) is 102 Å². The van der Waals surface area contributed by atoms with E-state index in [2.05, 4.69) is 85.0 Å². The second-order valence-corrected chi connectivity index (χ2v) is 8.64. The van der Waals surface area contributed by atoms with Crippen LogP contribution in [0.1, 0.15) is 34.8 Å². The number of nitrogens with one attached hydrogen (secondary N) is 1. The average molecular weight is 418 g/mol. The van der Waals surface area contributed by atoms with Gasteiger partial charge in [0.2, 0.25) is 0 Å². The highest BCUT2D eigenvalue weighted by atomic mass is 16.1. The van der Waals surface area contributed by atoms with Gasteiger partial charge in [0, 0.05) is 12.1 Å². The number of Topliss-reactive ketones (excluding diaryl/α,β-unsaturated/α-hetero) is 1. The molecular formula is C30H27NO. The minimum Gasteiger partial charge on any atom is -0.313 e. The van der Waals surface area contributed by atoms with Crippen LogP contribution >= 0.6 is 0 Å². The van der Waals surface area contributed by atoms with Gasteiger partial charge in [-0.15, -0.1) is 0 Å². The van der Waals surface area contributed by atoms with E-state index < -0.39 is 0 Å². The van der Waals surface area contributed by atoms with Crippen LogP contribution in [0.25, 0.3) is 38.6 Å². The fourth-order valence-electron chi connectivity index (χ4n) is 4.49. The van der Waals surface area contributed by atoms with Crippen LogP contribution in [0.2, 0.25) is 0 Å². The number of aryl methyl sites for hydroxylation is 1. The molecule has 0 saturated carbocycles. The summed E-state index contributed by atoms with van der Waals surface area (Å²) in [6.45, 7) is 5.71. The molecule has 0 radical (unpaired) electrons. The fraction of sp³-hybridized carbons (Fsp3) is 0.167. The molecule has 4 aromatic rings. The molecule has 0 spiro atoms. The normalized spacial score (nSPS) is 13.8. The summed E-state index contributed by atoms with van der Waals surface area (Å²) in [7, 11) is 0. The number of carbonyl (C=O) groups excluding carboxylic acids is 1.